The predicted molar refractivity (Wildman–Crippen MR) is 109 cm³/mol. The lowest BCUT2D eigenvalue weighted by Gasteiger charge is -2.41. The van der Waals surface area contributed by atoms with Gasteiger partial charge in [0.05, 0.1) is 13.2 Å². The zero-order valence-electron chi connectivity index (χ0n) is 16.3. The second kappa shape index (κ2) is 7.99. The highest BCUT2D eigenvalue weighted by atomic mass is 19.1. The van der Waals surface area contributed by atoms with Crippen LogP contribution in [0.2, 0.25) is 0 Å². The molecule has 3 aromatic rings. The number of hydrogen-bond acceptors (Lipinski definition) is 3. The fourth-order valence-electron chi connectivity index (χ4n) is 3.99. The number of benzene rings is 3. The third kappa shape index (κ3) is 3.52. The van der Waals surface area contributed by atoms with E-state index in [0.717, 1.165) is 0 Å². The summed E-state index contributed by atoms with van der Waals surface area (Å²) in [4.78, 5) is 27.3. The number of aliphatic carboxylic acids is 1. The van der Waals surface area contributed by atoms with Gasteiger partial charge in [-0.25, -0.2) is 4.39 Å². The molecule has 6 heteroatoms. The number of methoxy groups -OCH3 is 1. The van der Waals surface area contributed by atoms with Crippen molar-refractivity contribution >= 4 is 11.9 Å². The van der Waals surface area contributed by atoms with Gasteiger partial charge in [0, 0.05) is 12.1 Å². The summed E-state index contributed by atoms with van der Waals surface area (Å²) in [7, 11) is 1.55. The Hall–Kier alpha value is -3.67. The second-order valence-electron chi connectivity index (χ2n) is 7.18. The van der Waals surface area contributed by atoms with Crippen LogP contribution in [0.15, 0.2) is 72.8 Å². The zero-order chi connectivity index (χ0) is 21.3. The van der Waals surface area contributed by atoms with Gasteiger partial charge in [-0.05, 0) is 47.0 Å². The molecule has 0 fully saturated rings. The van der Waals surface area contributed by atoms with Crippen LogP contribution in [0.3, 0.4) is 0 Å². The summed E-state index contributed by atoms with van der Waals surface area (Å²) in [5.74, 6) is -1.94. The summed E-state index contributed by atoms with van der Waals surface area (Å²) in [6.07, 6.45) is 0. The molecule has 152 valence electrons. The molecule has 0 saturated heterocycles. The number of nitrogens with zero attached hydrogens (tertiary/aromatic N) is 1. The molecule has 4 rings (SSSR count). The lowest BCUT2D eigenvalue weighted by atomic mass is 9.79. The summed E-state index contributed by atoms with van der Waals surface area (Å²) >= 11 is 0. The fraction of sp³-hybridized carbons (Fsp3) is 0.167. The van der Waals surface area contributed by atoms with Gasteiger partial charge >= 0.3 is 5.97 Å². The molecule has 5 nitrogen and oxygen atoms in total. The topological polar surface area (TPSA) is 66.8 Å². The quantitative estimate of drug-likeness (QED) is 0.683. The van der Waals surface area contributed by atoms with Crippen LogP contribution in [0.1, 0.15) is 39.0 Å². The van der Waals surface area contributed by atoms with E-state index in [9.17, 15) is 19.1 Å². The maximum atomic E-state index is 13.4. The van der Waals surface area contributed by atoms with Crippen molar-refractivity contribution in [3.8, 4) is 5.75 Å². The van der Waals surface area contributed by atoms with E-state index in [1.54, 1.807) is 72.7 Å². The number of carboxylic acids is 1. The number of rotatable bonds is 5. The highest BCUT2D eigenvalue weighted by Gasteiger charge is 2.44. The summed E-state index contributed by atoms with van der Waals surface area (Å²) in [5, 5.41) is 10.1. The van der Waals surface area contributed by atoms with E-state index in [2.05, 4.69) is 0 Å². The Morgan fingerprint density at radius 2 is 1.70 bits per heavy atom. The minimum Gasteiger partial charge on any atom is -0.497 e. The van der Waals surface area contributed by atoms with Crippen molar-refractivity contribution < 1.29 is 23.8 Å². The third-order valence-corrected chi connectivity index (χ3v) is 5.43. The Bertz CT molecular complexity index is 1080. The molecule has 1 heterocycles. The van der Waals surface area contributed by atoms with Crippen LogP contribution in [0.25, 0.3) is 0 Å². The van der Waals surface area contributed by atoms with Gasteiger partial charge in [0.25, 0.3) is 5.91 Å². The van der Waals surface area contributed by atoms with Gasteiger partial charge in [-0.2, -0.15) is 0 Å². The SMILES string of the molecule is COc1ccc([C@H]2[C@H](C(=O)O)c3ccccc3C(=O)N2Cc2ccc(F)cc2)cc1. The molecular weight excluding hydrogens is 385 g/mol. The summed E-state index contributed by atoms with van der Waals surface area (Å²) in [5.41, 5.74) is 2.27. The van der Waals surface area contributed by atoms with Crippen LogP contribution in [0, 0.1) is 5.82 Å². The van der Waals surface area contributed by atoms with Gasteiger partial charge in [0.15, 0.2) is 0 Å². The third-order valence-electron chi connectivity index (χ3n) is 5.43. The highest BCUT2D eigenvalue weighted by molar-refractivity contribution is 6.00. The van der Waals surface area contributed by atoms with Crippen LogP contribution in [0.4, 0.5) is 4.39 Å². The Morgan fingerprint density at radius 3 is 2.33 bits per heavy atom. The van der Waals surface area contributed by atoms with Crippen molar-refractivity contribution in [2.45, 2.75) is 18.5 Å². The molecule has 0 saturated carbocycles. The first-order valence-electron chi connectivity index (χ1n) is 9.50. The molecule has 1 N–H and O–H groups in total. The molecule has 0 radical (unpaired) electrons. The molecule has 0 bridgehead atoms. The first-order valence-corrected chi connectivity index (χ1v) is 9.50. The van der Waals surface area contributed by atoms with Crippen molar-refractivity contribution in [3.63, 3.8) is 0 Å². The monoisotopic (exact) mass is 405 g/mol. The molecule has 0 unspecified atom stereocenters. The smallest absolute Gasteiger partial charge is 0.313 e. The van der Waals surface area contributed by atoms with Gasteiger partial charge in [-0.1, -0.05) is 42.5 Å². The highest BCUT2D eigenvalue weighted by Crippen LogP contribution is 2.43. The van der Waals surface area contributed by atoms with Crippen LogP contribution < -0.4 is 4.74 Å². The van der Waals surface area contributed by atoms with Crippen LogP contribution in [-0.2, 0) is 11.3 Å². The molecule has 0 spiro atoms. The molecule has 0 aromatic heterocycles. The van der Waals surface area contributed by atoms with E-state index in [1.165, 1.54) is 12.1 Å². The molecule has 30 heavy (non-hydrogen) atoms. The number of carboxylic acid groups (broad SMARTS) is 1. The molecule has 1 aliphatic heterocycles. The van der Waals surface area contributed by atoms with Crippen molar-refractivity contribution in [3.05, 3.63) is 101 Å². The van der Waals surface area contributed by atoms with Gasteiger partial charge in [-0.3, -0.25) is 9.59 Å². The number of carbonyl (C=O) groups is 2. The Balaban J connectivity index is 1.85. The molecule has 1 amide bonds. The first-order chi connectivity index (χ1) is 14.5. The number of halogens is 1. The van der Waals surface area contributed by atoms with Crippen LogP contribution >= 0.6 is 0 Å². The predicted octanol–water partition coefficient (Wildman–Crippen LogP) is 4.40. The van der Waals surface area contributed by atoms with Gasteiger partial charge in [-0.15, -0.1) is 0 Å². The van der Waals surface area contributed by atoms with E-state index in [0.29, 0.717) is 28.0 Å². The van der Waals surface area contributed by atoms with Crippen molar-refractivity contribution in [2.75, 3.05) is 7.11 Å². The largest absolute Gasteiger partial charge is 0.497 e. The number of ether oxygens (including phenoxy) is 1. The number of carbonyl (C=O) groups excluding carboxylic acids is 1. The van der Waals surface area contributed by atoms with Crippen LogP contribution in [-0.4, -0.2) is 29.0 Å². The average Bonchev–Trinajstić information content (AvgIpc) is 2.76. The zero-order valence-corrected chi connectivity index (χ0v) is 16.3. The van der Waals surface area contributed by atoms with Crippen molar-refractivity contribution in [1.82, 2.24) is 4.90 Å². The van der Waals surface area contributed by atoms with Gasteiger partial charge in [0.1, 0.15) is 17.5 Å². The maximum absolute atomic E-state index is 13.4. The molecule has 2 atom stereocenters. The number of fused-ring (bicyclic) bond motifs is 1. The Morgan fingerprint density at radius 1 is 1.03 bits per heavy atom. The van der Waals surface area contributed by atoms with E-state index in [-0.39, 0.29) is 18.3 Å². The lowest BCUT2D eigenvalue weighted by Crippen LogP contribution is -2.44. The van der Waals surface area contributed by atoms with Crippen molar-refractivity contribution in [1.29, 1.82) is 0 Å². The maximum Gasteiger partial charge on any atom is 0.313 e. The van der Waals surface area contributed by atoms with Gasteiger partial charge in [0.2, 0.25) is 0 Å². The van der Waals surface area contributed by atoms with E-state index in [1.807, 2.05) is 0 Å². The fourth-order valence-corrected chi connectivity index (χ4v) is 3.99. The standard InChI is InChI=1S/C24H20FNO4/c1-30-18-12-8-16(9-13-18)22-21(24(28)29)19-4-2-3-5-20(19)23(27)26(22)14-15-6-10-17(25)11-7-15/h2-13,21-22H,14H2,1H3,(H,28,29)/t21-,22+/m1/s1. The van der Waals surface area contributed by atoms with Crippen LogP contribution in [0.5, 0.6) is 5.75 Å². The lowest BCUT2D eigenvalue weighted by molar-refractivity contribution is -0.140. The Kier molecular flexibility index (Phi) is 5.23. The van der Waals surface area contributed by atoms with E-state index < -0.39 is 17.9 Å². The molecule has 3 aromatic carbocycles. The molecule has 1 aliphatic rings. The number of hydrogen-bond donors (Lipinski definition) is 1. The van der Waals surface area contributed by atoms with E-state index in [4.69, 9.17) is 4.74 Å². The molecule has 0 aliphatic carbocycles. The number of amides is 1. The summed E-state index contributed by atoms with van der Waals surface area (Å²) < 4.78 is 18.6. The normalized spacial score (nSPS) is 18.1. The minimum absolute atomic E-state index is 0.161. The van der Waals surface area contributed by atoms with E-state index >= 15 is 0 Å². The summed E-state index contributed by atoms with van der Waals surface area (Å²) in [6.45, 7) is 0.161. The second-order valence-corrected chi connectivity index (χ2v) is 7.18. The van der Waals surface area contributed by atoms with Gasteiger partial charge < -0.3 is 14.7 Å². The minimum atomic E-state index is -1.01. The average molecular weight is 405 g/mol. The first kappa shape index (κ1) is 19.6. The summed E-state index contributed by atoms with van der Waals surface area (Å²) in [6, 6.07) is 19.0. The Labute approximate surface area is 173 Å². The molecular formula is C24H20FNO4. The van der Waals surface area contributed by atoms with Crippen molar-refractivity contribution in [2.24, 2.45) is 0 Å².